The van der Waals surface area contributed by atoms with Crippen molar-refractivity contribution in [3.63, 3.8) is 0 Å². The molecule has 111 heavy (non-hydrogen) atoms. The van der Waals surface area contributed by atoms with Crippen LogP contribution in [0.4, 0.5) is 0 Å². The molecule has 21 aromatic rings. The lowest BCUT2D eigenvalue weighted by molar-refractivity contribution is 0.661. The van der Waals surface area contributed by atoms with Crippen LogP contribution in [0.15, 0.2) is 381 Å². The fraction of sp³-hybridized carbons (Fsp3) is 0.0545. The Morgan fingerprint density at radius 3 is 1.01 bits per heavy atom. The number of furan rings is 1. The molecular weight excluding hydrogens is 1340 g/mol. The molecule has 0 bridgehead atoms. The number of rotatable bonds is 7. The summed E-state index contributed by atoms with van der Waals surface area (Å²) < 4.78 is 6.16. The Bertz CT molecular complexity index is 7370. The van der Waals surface area contributed by atoms with Gasteiger partial charge in [-0.15, -0.1) is 0 Å². The van der Waals surface area contributed by atoms with E-state index in [4.69, 9.17) is 4.42 Å². The van der Waals surface area contributed by atoms with Crippen LogP contribution >= 0.6 is 0 Å². The molecule has 0 radical (unpaired) electrons. The van der Waals surface area contributed by atoms with E-state index in [0.717, 1.165) is 21.9 Å². The minimum absolute atomic E-state index is 0.0365. The molecule has 2 aliphatic carbocycles. The van der Waals surface area contributed by atoms with E-state index in [2.05, 4.69) is 392 Å². The third-order valence-electron chi connectivity index (χ3n) is 24.9. The van der Waals surface area contributed by atoms with Gasteiger partial charge >= 0.3 is 0 Å². The quantitative estimate of drug-likeness (QED) is 0.114. The van der Waals surface area contributed by atoms with Gasteiger partial charge in [0, 0.05) is 21.6 Å². The molecule has 1 heterocycles. The van der Waals surface area contributed by atoms with Gasteiger partial charge in [-0.3, -0.25) is 0 Å². The normalized spacial score (nSPS) is 13.2. The van der Waals surface area contributed by atoms with Crippen LogP contribution in [0, 0.1) is 0 Å². The topological polar surface area (TPSA) is 13.1 Å². The molecule has 0 N–H and O–H groups in total. The molecular formula is C110H74O. The fourth-order valence-electron chi connectivity index (χ4n) is 19.4. The minimum Gasteiger partial charge on any atom is -0.456 e. The van der Waals surface area contributed by atoms with Crippen LogP contribution in [0.1, 0.15) is 49.9 Å². The van der Waals surface area contributed by atoms with E-state index in [1.807, 2.05) is 12.1 Å². The fourth-order valence-corrected chi connectivity index (χ4v) is 19.4. The average Bonchev–Trinajstić information content (AvgIpc) is 0.851. The van der Waals surface area contributed by atoms with Crippen LogP contribution in [-0.4, -0.2) is 0 Å². The van der Waals surface area contributed by atoms with Crippen molar-refractivity contribution < 1.29 is 4.42 Å². The van der Waals surface area contributed by atoms with Crippen molar-refractivity contribution in [1.82, 2.24) is 0 Å². The Labute approximate surface area is 645 Å². The second kappa shape index (κ2) is 24.9. The van der Waals surface area contributed by atoms with Crippen molar-refractivity contribution >= 4 is 108 Å². The Kier molecular flexibility index (Phi) is 14.5. The summed E-state index contributed by atoms with van der Waals surface area (Å²) in [5.74, 6) is 0. The van der Waals surface area contributed by atoms with Gasteiger partial charge in [-0.1, -0.05) is 343 Å². The molecule has 0 aliphatic heterocycles. The summed E-state index contributed by atoms with van der Waals surface area (Å²) in [6.07, 6.45) is 0. The number of fused-ring (bicyclic) bond motifs is 18. The molecule has 0 amide bonds. The van der Waals surface area contributed by atoms with Crippen LogP contribution in [-0.2, 0) is 10.8 Å². The zero-order valence-electron chi connectivity index (χ0n) is 62.2. The van der Waals surface area contributed by atoms with E-state index >= 15 is 0 Å². The maximum atomic E-state index is 6.16. The van der Waals surface area contributed by atoms with Crippen LogP contribution in [0.25, 0.3) is 208 Å². The SMILES string of the molecule is CC1(C)c2ccc(-c3ccc(-c4c5ccccc5c(-c5cccc(-c6ccc7oc8ccccc8c7c6)c5)c5ccccc45)cc3)cc2-c2cc3ccccc3cc21.CC1(C)c2ccc(-c3ccc(-c4c5ccccc5c(-c5cccc6c5ccc5ccccc56)c5ccccc45)cc3)cc2-c2cc3ccccc3cc21. The summed E-state index contributed by atoms with van der Waals surface area (Å²) in [7, 11) is 0. The Morgan fingerprint density at radius 1 is 0.162 bits per heavy atom. The van der Waals surface area contributed by atoms with Gasteiger partial charge in [0.1, 0.15) is 11.2 Å². The molecule has 0 atom stereocenters. The molecule has 0 saturated carbocycles. The van der Waals surface area contributed by atoms with E-state index in [9.17, 15) is 0 Å². The van der Waals surface area contributed by atoms with Gasteiger partial charge in [-0.25, -0.2) is 0 Å². The molecule has 1 heteroatoms. The summed E-state index contributed by atoms with van der Waals surface area (Å²) in [6, 6.07) is 140. The first-order chi connectivity index (χ1) is 54.5. The third kappa shape index (κ3) is 10.2. The first-order valence-electron chi connectivity index (χ1n) is 38.9. The summed E-state index contributed by atoms with van der Waals surface area (Å²) in [6.45, 7) is 9.45. The lowest BCUT2D eigenvalue weighted by atomic mass is 9.81. The zero-order valence-corrected chi connectivity index (χ0v) is 62.2. The van der Waals surface area contributed by atoms with E-state index in [1.54, 1.807) is 0 Å². The van der Waals surface area contributed by atoms with Gasteiger partial charge in [-0.05, 0) is 269 Å². The van der Waals surface area contributed by atoms with Gasteiger partial charge in [0.15, 0.2) is 0 Å². The highest BCUT2D eigenvalue weighted by molar-refractivity contribution is 6.26. The highest BCUT2D eigenvalue weighted by Crippen LogP contribution is 2.55. The molecule has 0 saturated heterocycles. The summed E-state index contributed by atoms with van der Waals surface area (Å²) in [5, 5.41) is 22.7. The average molecular weight is 1410 g/mol. The number of hydrogen-bond donors (Lipinski definition) is 0. The van der Waals surface area contributed by atoms with Crippen LogP contribution in [0.3, 0.4) is 0 Å². The predicted octanol–water partition coefficient (Wildman–Crippen LogP) is 30.8. The van der Waals surface area contributed by atoms with E-state index in [0.29, 0.717) is 0 Å². The molecule has 23 rings (SSSR count). The first-order valence-corrected chi connectivity index (χ1v) is 38.9. The van der Waals surface area contributed by atoms with Crippen molar-refractivity contribution in [1.29, 1.82) is 0 Å². The summed E-state index contributed by atoms with van der Waals surface area (Å²) in [4.78, 5) is 0. The Hall–Kier alpha value is -13.7. The van der Waals surface area contributed by atoms with Crippen LogP contribution in [0.5, 0.6) is 0 Å². The number of benzene rings is 20. The highest BCUT2D eigenvalue weighted by atomic mass is 16.3. The van der Waals surface area contributed by atoms with Gasteiger partial charge in [-0.2, -0.15) is 0 Å². The van der Waals surface area contributed by atoms with Gasteiger partial charge in [0.2, 0.25) is 0 Å². The third-order valence-corrected chi connectivity index (χ3v) is 24.9. The monoisotopic (exact) mass is 1410 g/mol. The van der Waals surface area contributed by atoms with Crippen LogP contribution in [0.2, 0.25) is 0 Å². The molecule has 0 unspecified atom stereocenters. The second-order valence-electron chi connectivity index (χ2n) is 31.7. The lowest BCUT2D eigenvalue weighted by Crippen LogP contribution is -2.14. The number of hydrogen-bond acceptors (Lipinski definition) is 1. The Morgan fingerprint density at radius 2 is 0.505 bits per heavy atom. The van der Waals surface area contributed by atoms with E-state index in [-0.39, 0.29) is 10.8 Å². The van der Waals surface area contributed by atoms with E-state index in [1.165, 1.54) is 209 Å². The zero-order chi connectivity index (χ0) is 73.8. The molecule has 1 aromatic heterocycles. The summed E-state index contributed by atoms with van der Waals surface area (Å²) >= 11 is 0. The van der Waals surface area contributed by atoms with Crippen molar-refractivity contribution in [2.45, 2.75) is 38.5 Å². The molecule has 1 nitrogen and oxygen atoms in total. The smallest absolute Gasteiger partial charge is 0.135 e. The van der Waals surface area contributed by atoms with Crippen molar-refractivity contribution in [2.75, 3.05) is 0 Å². The molecule has 20 aromatic carbocycles. The molecule has 0 spiro atoms. The molecule has 2 aliphatic rings. The maximum absolute atomic E-state index is 6.16. The van der Waals surface area contributed by atoms with Crippen molar-refractivity contribution in [3.05, 3.63) is 398 Å². The largest absolute Gasteiger partial charge is 0.456 e. The number of para-hydroxylation sites is 1. The lowest BCUT2D eigenvalue weighted by Gasteiger charge is -2.22. The maximum Gasteiger partial charge on any atom is 0.135 e. The van der Waals surface area contributed by atoms with Gasteiger partial charge in [0.05, 0.1) is 0 Å². The van der Waals surface area contributed by atoms with Crippen molar-refractivity contribution in [3.8, 4) is 100 Å². The standard InChI is InChI=1S/C57H38O.C53H36/c1-57(2)51-28-26-40(32-48(51)49-31-38-12-3-4-13-39(38)34-52(49)57)35-22-24-36(25-23-35)55-44-17-5-7-19-46(44)56(47-20-8-6-18-45(47)55)42-15-11-14-37(30-42)41-27-29-54-50(33-41)43-16-9-10-21-53(43)58-54;1-53(2)49-29-27-38(31-47(49)48-30-36-13-3-4-14-37(36)32-50(48)53)33-22-24-35(25-23-33)51-43-16-7-9-18-45(43)52(46-19-10-8-17-44(46)51)42-21-11-20-40-39-15-6-5-12-34(39)26-28-41(40)42/h3-34H,1-2H3;3-32H,1-2H3. The summed E-state index contributed by atoms with van der Waals surface area (Å²) in [5.41, 5.74) is 30.2. The van der Waals surface area contributed by atoms with E-state index < -0.39 is 0 Å². The first kappa shape index (κ1) is 64.5. The predicted molar refractivity (Wildman–Crippen MR) is 473 cm³/mol. The minimum atomic E-state index is -0.0451. The van der Waals surface area contributed by atoms with Crippen molar-refractivity contribution in [2.24, 2.45) is 0 Å². The van der Waals surface area contributed by atoms with Crippen LogP contribution < -0.4 is 0 Å². The second-order valence-corrected chi connectivity index (χ2v) is 31.7. The molecule has 0 fully saturated rings. The highest BCUT2D eigenvalue weighted by Gasteiger charge is 2.38. The molecule has 520 valence electrons. The Balaban J connectivity index is 0.000000137. The van der Waals surface area contributed by atoms with Gasteiger partial charge in [0.25, 0.3) is 0 Å². The van der Waals surface area contributed by atoms with Gasteiger partial charge < -0.3 is 4.42 Å².